The van der Waals surface area contributed by atoms with E-state index in [4.69, 9.17) is 15.2 Å². The minimum Gasteiger partial charge on any atom is -0.479 e. The van der Waals surface area contributed by atoms with Crippen molar-refractivity contribution in [3.8, 4) is 17.5 Å². The summed E-state index contributed by atoms with van der Waals surface area (Å²) in [5.74, 6) is 2.05. The lowest BCUT2D eigenvalue weighted by molar-refractivity contribution is 0.384. The number of nitrogen functional groups attached to an aromatic ring is 1. The van der Waals surface area contributed by atoms with Crippen molar-refractivity contribution in [2.75, 3.05) is 12.8 Å². The number of methoxy groups -OCH3 is 1. The molecule has 1 heterocycles. The van der Waals surface area contributed by atoms with E-state index in [0.717, 1.165) is 16.9 Å². The molecule has 0 saturated heterocycles. The van der Waals surface area contributed by atoms with Gasteiger partial charge in [-0.05, 0) is 36.1 Å². The van der Waals surface area contributed by atoms with Crippen LogP contribution in [0.3, 0.4) is 0 Å². The Kier molecular flexibility index (Phi) is 4.13. The fraction of sp³-hybridized carbons (Fsp3) is 0.312. The van der Waals surface area contributed by atoms with E-state index in [0.29, 0.717) is 23.4 Å². The van der Waals surface area contributed by atoms with Gasteiger partial charge in [0.25, 0.3) is 0 Å². The summed E-state index contributed by atoms with van der Waals surface area (Å²) in [6.07, 6.45) is 0. The van der Waals surface area contributed by atoms with Crippen molar-refractivity contribution in [2.45, 2.75) is 26.7 Å². The summed E-state index contributed by atoms with van der Waals surface area (Å²) >= 11 is 0. The summed E-state index contributed by atoms with van der Waals surface area (Å²) in [5.41, 5.74) is 8.54. The first-order chi connectivity index (χ1) is 9.51. The first kappa shape index (κ1) is 14.2. The molecule has 1 aromatic heterocycles. The highest BCUT2D eigenvalue weighted by atomic mass is 16.5. The van der Waals surface area contributed by atoms with Gasteiger partial charge in [-0.2, -0.15) is 4.98 Å². The number of pyridine rings is 1. The predicted octanol–water partition coefficient (Wildman–Crippen LogP) is 3.90. The highest BCUT2D eigenvalue weighted by molar-refractivity contribution is 5.50. The van der Waals surface area contributed by atoms with E-state index in [1.165, 1.54) is 7.11 Å². The Morgan fingerprint density at radius 2 is 1.90 bits per heavy atom. The van der Waals surface area contributed by atoms with Crippen molar-refractivity contribution >= 4 is 5.69 Å². The van der Waals surface area contributed by atoms with E-state index in [1.807, 2.05) is 13.0 Å². The van der Waals surface area contributed by atoms with Crippen LogP contribution in [0.15, 0.2) is 30.3 Å². The van der Waals surface area contributed by atoms with Gasteiger partial charge in [0.1, 0.15) is 5.75 Å². The first-order valence-corrected chi connectivity index (χ1v) is 6.60. The average molecular weight is 272 g/mol. The van der Waals surface area contributed by atoms with E-state index in [-0.39, 0.29) is 0 Å². The zero-order chi connectivity index (χ0) is 14.7. The Hall–Kier alpha value is -2.23. The lowest BCUT2D eigenvalue weighted by atomic mass is 10.0. The molecule has 0 saturated carbocycles. The monoisotopic (exact) mass is 272 g/mol. The van der Waals surface area contributed by atoms with Crippen LogP contribution in [0.1, 0.15) is 30.9 Å². The van der Waals surface area contributed by atoms with Gasteiger partial charge in [-0.15, -0.1) is 0 Å². The number of rotatable bonds is 4. The zero-order valence-electron chi connectivity index (χ0n) is 12.3. The molecule has 0 fully saturated rings. The number of aromatic nitrogens is 1. The molecule has 0 aliphatic heterocycles. The van der Waals surface area contributed by atoms with Gasteiger partial charge in [-0.1, -0.05) is 26.0 Å². The largest absolute Gasteiger partial charge is 0.479 e. The van der Waals surface area contributed by atoms with Crippen LogP contribution >= 0.6 is 0 Å². The van der Waals surface area contributed by atoms with Gasteiger partial charge in [0.05, 0.1) is 12.8 Å². The lowest BCUT2D eigenvalue weighted by Gasteiger charge is -2.14. The van der Waals surface area contributed by atoms with Gasteiger partial charge < -0.3 is 15.2 Å². The number of hydrogen-bond donors (Lipinski definition) is 1. The molecule has 0 amide bonds. The molecular formula is C16H20N2O2. The number of anilines is 1. The molecule has 0 atom stereocenters. The summed E-state index contributed by atoms with van der Waals surface area (Å²) in [5, 5.41) is 0. The Labute approximate surface area is 119 Å². The van der Waals surface area contributed by atoms with Crippen LogP contribution in [0, 0.1) is 6.92 Å². The highest BCUT2D eigenvalue weighted by Crippen LogP contribution is 2.32. The molecule has 2 aromatic rings. The second-order valence-corrected chi connectivity index (χ2v) is 5.05. The van der Waals surface area contributed by atoms with Crippen LogP contribution in [-0.4, -0.2) is 12.1 Å². The van der Waals surface area contributed by atoms with Crippen LogP contribution in [0.4, 0.5) is 5.69 Å². The van der Waals surface area contributed by atoms with Gasteiger partial charge >= 0.3 is 0 Å². The molecule has 4 nitrogen and oxygen atoms in total. The number of nitrogens with two attached hydrogens (primary N) is 1. The zero-order valence-corrected chi connectivity index (χ0v) is 12.3. The lowest BCUT2D eigenvalue weighted by Crippen LogP contribution is -1.99. The topological polar surface area (TPSA) is 57.4 Å². The van der Waals surface area contributed by atoms with Crippen LogP contribution in [0.2, 0.25) is 0 Å². The van der Waals surface area contributed by atoms with Gasteiger partial charge in [0.2, 0.25) is 11.8 Å². The number of ether oxygens (including phenoxy) is 2. The van der Waals surface area contributed by atoms with Crippen LogP contribution in [0.25, 0.3) is 0 Å². The minimum atomic E-state index is 0.376. The Balaban J connectivity index is 2.36. The van der Waals surface area contributed by atoms with Gasteiger partial charge in [0.15, 0.2) is 0 Å². The molecule has 4 heteroatoms. The molecule has 1 aromatic carbocycles. The fourth-order valence-electron chi connectivity index (χ4n) is 1.97. The summed E-state index contributed by atoms with van der Waals surface area (Å²) in [6.45, 7) is 6.30. The third-order valence-corrected chi connectivity index (χ3v) is 3.06. The number of hydrogen-bond acceptors (Lipinski definition) is 4. The van der Waals surface area contributed by atoms with E-state index < -0.39 is 0 Å². The maximum absolute atomic E-state index is 5.90. The molecule has 0 aliphatic carbocycles. The Morgan fingerprint density at radius 3 is 2.55 bits per heavy atom. The predicted molar refractivity (Wildman–Crippen MR) is 80.5 cm³/mol. The molecule has 106 valence electrons. The van der Waals surface area contributed by atoms with Crippen molar-refractivity contribution < 1.29 is 9.47 Å². The number of nitrogens with zero attached hydrogens (tertiary/aromatic N) is 1. The molecule has 2 rings (SSSR count). The summed E-state index contributed by atoms with van der Waals surface area (Å²) < 4.78 is 11.0. The third kappa shape index (κ3) is 3.02. The van der Waals surface area contributed by atoms with Crippen molar-refractivity contribution in [1.29, 1.82) is 0 Å². The van der Waals surface area contributed by atoms with Crippen molar-refractivity contribution in [1.82, 2.24) is 4.98 Å². The fourth-order valence-corrected chi connectivity index (χ4v) is 1.97. The number of benzene rings is 1. The molecule has 2 N–H and O–H groups in total. The second kappa shape index (κ2) is 5.82. The van der Waals surface area contributed by atoms with E-state index in [9.17, 15) is 0 Å². The summed E-state index contributed by atoms with van der Waals surface area (Å²) in [6, 6.07) is 9.65. The maximum Gasteiger partial charge on any atom is 0.240 e. The van der Waals surface area contributed by atoms with E-state index in [1.54, 1.807) is 12.1 Å². The van der Waals surface area contributed by atoms with Crippen LogP contribution in [0.5, 0.6) is 17.5 Å². The molecule has 0 unspecified atom stereocenters. The standard InChI is InChI=1S/C16H20N2O2/c1-10(2)12-6-5-11(3)9-14(12)20-15-8-7-13(17)16(18-15)19-4/h5-10H,17H2,1-4H3. The third-order valence-electron chi connectivity index (χ3n) is 3.06. The first-order valence-electron chi connectivity index (χ1n) is 6.60. The normalized spacial score (nSPS) is 10.7. The molecule has 0 bridgehead atoms. The highest BCUT2D eigenvalue weighted by Gasteiger charge is 2.11. The summed E-state index contributed by atoms with van der Waals surface area (Å²) in [4.78, 5) is 4.25. The van der Waals surface area contributed by atoms with E-state index >= 15 is 0 Å². The van der Waals surface area contributed by atoms with Gasteiger partial charge in [0, 0.05) is 6.07 Å². The van der Waals surface area contributed by atoms with E-state index in [2.05, 4.69) is 31.0 Å². The average Bonchev–Trinajstić information content (AvgIpc) is 2.40. The van der Waals surface area contributed by atoms with Gasteiger partial charge in [-0.25, -0.2) is 0 Å². The van der Waals surface area contributed by atoms with Crippen molar-refractivity contribution in [3.63, 3.8) is 0 Å². The molecule has 0 radical (unpaired) electrons. The van der Waals surface area contributed by atoms with Crippen molar-refractivity contribution in [2.24, 2.45) is 0 Å². The Morgan fingerprint density at radius 1 is 1.15 bits per heavy atom. The quantitative estimate of drug-likeness (QED) is 0.917. The Bertz CT molecular complexity index is 609. The van der Waals surface area contributed by atoms with Crippen molar-refractivity contribution in [3.05, 3.63) is 41.5 Å². The summed E-state index contributed by atoms with van der Waals surface area (Å²) in [7, 11) is 1.54. The smallest absolute Gasteiger partial charge is 0.240 e. The minimum absolute atomic E-state index is 0.376. The molecule has 20 heavy (non-hydrogen) atoms. The molecule has 0 aliphatic rings. The molecule has 0 spiro atoms. The molecular weight excluding hydrogens is 252 g/mol. The maximum atomic E-state index is 5.90. The van der Waals surface area contributed by atoms with Crippen LogP contribution < -0.4 is 15.2 Å². The number of aryl methyl sites for hydroxylation is 1. The second-order valence-electron chi connectivity index (χ2n) is 5.05. The SMILES string of the molecule is COc1nc(Oc2cc(C)ccc2C(C)C)ccc1N. The van der Waals surface area contributed by atoms with Crippen LogP contribution in [-0.2, 0) is 0 Å². The van der Waals surface area contributed by atoms with Gasteiger partial charge in [-0.3, -0.25) is 0 Å².